The summed E-state index contributed by atoms with van der Waals surface area (Å²) in [5.74, 6) is 0.256. The molecule has 1 aromatic carbocycles. The van der Waals surface area contributed by atoms with E-state index in [1.54, 1.807) is 19.9 Å². The number of aryl methyl sites for hydroxylation is 2. The van der Waals surface area contributed by atoms with E-state index in [1.807, 2.05) is 18.2 Å². The van der Waals surface area contributed by atoms with Crippen molar-refractivity contribution in [2.24, 2.45) is 7.05 Å². The summed E-state index contributed by atoms with van der Waals surface area (Å²) in [7, 11) is 1.34. The molecule has 194 valence electrons. The zero-order valence-electron chi connectivity index (χ0n) is 20.1. The summed E-state index contributed by atoms with van der Waals surface area (Å²) in [4.78, 5) is 35.9. The highest BCUT2D eigenvalue weighted by molar-refractivity contribution is 5.68. The molecule has 0 amide bonds. The van der Waals surface area contributed by atoms with E-state index in [4.69, 9.17) is 9.47 Å². The number of halogens is 3. The molecule has 0 saturated heterocycles. The molecule has 0 bridgehead atoms. The van der Waals surface area contributed by atoms with Crippen molar-refractivity contribution in [1.29, 1.82) is 0 Å². The minimum Gasteiger partial charge on any atom is -0.487 e. The maximum absolute atomic E-state index is 12.5. The Morgan fingerprint density at radius 3 is 2.66 bits per heavy atom. The zero-order valence-corrected chi connectivity index (χ0v) is 20.1. The molecule has 35 heavy (non-hydrogen) atoms. The first-order valence-corrected chi connectivity index (χ1v) is 11.4. The van der Waals surface area contributed by atoms with E-state index in [1.165, 1.54) is 7.05 Å². The number of carbonyl (C=O) groups is 1. The summed E-state index contributed by atoms with van der Waals surface area (Å²) in [6.07, 6.45) is -4.56. The van der Waals surface area contributed by atoms with Crippen molar-refractivity contribution >= 4 is 11.8 Å². The molecular formula is C23H31F3N4O5. The van der Waals surface area contributed by atoms with Crippen LogP contribution in [-0.2, 0) is 29.5 Å². The van der Waals surface area contributed by atoms with Crippen LogP contribution in [0.5, 0.6) is 5.75 Å². The van der Waals surface area contributed by atoms with Crippen LogP contribution in [0.15, 0.2) is 33.9 Å². The normalized spacial score (nSPS) is 12.3. The van der Waals surface area contributed by atoms with Gasteiger partial charge in [-0.05, 0) is 43.9 Å². The van der Waals surface area contributed by atoms with Crippen LogP contribution in [0.2, 0.25) is 0 Å². The van der Waals surface area contributed by atoms with Crippen LogP contribution in [-0.4, -0.2) is 45.7 Å². The summed E-state index contributed by atoms with van der Waals surface area (Å²) >= 11 is 0. The third-order valence-corrected chi connectivity index (χ3v) is 4.99. The van der Waals surface area contributed by atoms with Crippen molar-refractivity contribution in [3.05, 3.63) is 50.7 Å². The molecule has 0 radical (unpaired) electrons. The molecule has 0 aliphatic heterocycles. The number of aromatic nitrogens is 3. The molecule has 1 heterocycles. The molecule has 2 rings (SSSR count). The van der Waals surface area contributed by atoms with Gasteiger partial charge < -0.3 is 14.8 Å². The van der Waals surface area contributed by atoms with Crippen molar-refractivity contribution in [2.45, 2.75) is 64.8 Å². The van der Waals surface area contributed by atoms with E-state index in [2.05, 4.69) is 10.4 Å². The van der Waals surface area contributed by atoms with Crippen LogP contribution in [0.4, 0.5) is 19.0 Å². The second-order valence-corrected chi connectivity index (χ2v) is 8.07. The van der Waals surface area contributed by atoms with Crippen LogP contribution in [0.3, 0.4) is 0 Å². The minimum atomic E-state index is -4.36. The van der Waals surface area contributed by atoms with E-state index < -0.39 is 23.8 Å². The Labute approximate surface area is 200 Å². The average Bonchev–Trinajstić information content (AvgIpc) is 2.80. The lowest BCUT2D eigenvalue weighted by Gasteiger charge is -2.15. The van der Waals surface area contributed by atoms with Crippen LogP contribution in [0, 0.1) is 0 Å². The van der Waals surface area contributed by atoms with E-state index in [-0.39, 0.29) is 37.5 Å². The topological polar surface area (TPSA) is 104 Å². The van der Waals surface area contributed by atoms with Crippen LogP contribution >= 0.6 is 0 Å². The first-order chi connectivity index (χ1) is 16.5. The SMILES string of the molecule is CCC(=O)OCC(C)Oc1cccc(CCCNc2nn(C)c(=O)n(CCCC(F)(F)F)c2=O)c1. The Bertz CT molecular complexity index is 1100. The van der Waals surface area contributed by atoms with Gasteiger partial charge in [0.15, 0.2) is 0 Å². The molecule has 1 aromatic heterocycles. The van der Waals surface area contributed by atoms with Gasteiger partial charge in [-0.3, -0.25) is 14.2 Å². The number of ether oxygens (including phenoxy) is 2. The maximum Gasteiger partial charge on any atom is 0.389 e. The van der Waals surface area contributed by atoms with Gasteiger partial charge in [0.25, 0.3) is 5.56 Å². The molecule has 9 nitrogen and oxygen atoms in total. The number of nitrogens with zero attached hydrogens (tertiary/aromatic N) is 3. The predicted molar refractivity (Wildman–Crippen MR) is 124 cm³/mol. The first-order valence-electron chi connectivity index (χ1n) is 11.4. The van der Waals surface area contributed by atoms with E-state index >= 15 is 0 Å². The van der Waals surface area contributed by atoms with Gasteiger partial charge in [0.2, 0.25) is 5.82 Å². The minimum absolute atomic E-state index is 0.0911. The van der Waals surface area contributed by atoms with Crippen molar-refractivity contribution < 1.29 is 27.4 Å². The quantitative estimate of drug-likeness (QED) is 0.333. The predicted octanol–water partition coefficient (Wildman–Crippen LogP) is 3.05. The maximum atomic E-state index is 12.5. The molecule has 0 spiro atoms. The van der Waals surface area contributed by atoms with Gasteiger partial charge in [0.1, 0.15) is 18.5 Å². The number of rotatable bonds is 13. The molecule has 1 N–H and O–H groups in total. The van der Waals surface area contributed by atoms with Crippen LogP contribution in [0.25, 0.3) is 0 Å². The fraction of sp³-hybridized carbons (Fsp3) is 0.565. The van der Waals surface area contributed by atoms with Gasteiger partial charge >= 0.3 is 17.8 Å². The molecule has 0 aliphatic carbocycles. The standard InChI is InChI=1S/C23H31F3N4O5/c1-4-19(31)34-15-16(2)35-18-10-5-8-17(14-18)9-6-12-27-20-21(32)30(22(33)29(3)28-20)13-7-11-23(24,25)26/h5,8,10,14,16H,4,6-7,9,11-13,15H2,1-3H3,(H,27,28). The van der Waals surface area contributed by atoms with E-state index in [0.717, 1.165) is 14.8 Å². The first kappa shape index (κ1) is 27.9. The van der Waals surface area contributed by atoms with Crippen molar-refractivity contribution in [1.82, 2.24) is 14.3 Å². The second-order valence-electron chi connectivity index (χ2n) is 8.07. The van der Waals surface area contributed by atoms with Crippen molar-refractivity contribution in [2.75, 3.05) is 18.5 Å². The molecule has 0 aliphatic rings. The highest BCUT2D eigenvalue weighted by Crippen LogP contribution is 2.21. The van der Waals surface area contributed by atoms with E-state index in [9.17, 15) is 27.6 Å². The Kier molecular flexibility index (Phi) is 10.3. The fourth-order valence-corrected chi connectivity index (χ4v) is 3.22. The van der Waals surface area contributed by atoms with E-state index in [0.29, 0.717) is 31.6 Å². The van der Waals surface area contributed by atoms with Crippen molar-refractivity contribution in [3.8, 4) is 5.75 Å². The second kappa shape index (κ2) is 13.0. The number of esters is 1. The number of benzene rings is 1. The Hall–Kier alpha value is -3.31. The van der Waals surface area contributed by atoms with Gasteiger partial charge in [0, 0.05) is 33.0 Å². The fourth-order valence-electron chi connectivity index (χ4n) is 3.22. The highest BCUT2D eigenvalue weighted by Gasteiger charge is 2.26. The molecule has 1 unspecified atom stereocenters. The van der Waals surface area contributed by atoms with Crippen molar-refractivity contribution in [3.63, 3.8) is 0 Å². The third kappa shape index (κ3) is 9.45. The summed E-state index contributed by atoms with van der Waals surface area (Å²) in [5.41, 5.74) is -0.526. The summed E-state index contributed by atoms with van der Waals surface area (Å²) in [6, 6.07) is 7.44. The lowest BCUT2D eigenvalue weighted by atomic mass is 10.1. The van der Waals surface area contributed by atoms with Gasteiger partial charge in [-0.25, -0.2) is 9.48 Å². The lowest BCUT2D eigenvalue weighted by Crippen LogP contribution is -2.42. The Morgan fingerprint density at radius 2 is 1.97 bits per heavy atom. The van der Waals surface area contributed by atoms with Crippen LogP contribution in [0.1, 0.15) is 45.1 Å². The summed E-state index contributed by atoms with van der Waals surface area (Å²) in [5, 5.41) is 6.77. The highest BCUT2D eigenvalue weighted by atomic mass is 19.4. The number of nitrogens with one attached hydrogen (secondary N) is 1. The largest absolute Gasteiger partial charge is 0.487 e. The lowest BCUT2D eigenvalue weighted by molar-refractivity contribution is -0.145. The molecular weight excluding hydrogens is 469 g/mol. The molecule has 1 atom stereocenters. The number of carbonyl (C=O) groups excluding carboxylic acids is 1. The number of alkyl halides is 3. The molecule has 12 heteroatoms. The van der Waals surface area contributed by atoms with Gasteiger partial charge in [-0.2, -0.15) is 13.2 Å². The molecule has 0 saturated carbocycles. The van der Waals surface area contributed by atoms with Gasteiger partial charge in [-0.15, -0.1) is 5.10 Å². The average molecular weight is 501 g/mol. The third-order valence-electron chi connectivity index (χ3n) is 4.99. The Balaban J connectivity index is 1.90. The van der Waals surface area contributed by atoms with Gasteiger partial charge in [-0.1, -0.05) is 19.1 Å². The van der Waals surface area contributed by atoms with Gasteiger partial charge in [0.05, 0.1) is 0 Å². The van der Waals surface area contributed by atoms with Crippen LogP contribution < -0.4 is 21.3 Å². The molecule has 0 fully saturated rings. The summed E-state index contributed by atoms with van der Waals surface area (Å²) in [6.45, 7) is 3.69. The number of anilines is 1. The smallest absolute Gasteiger partial charge is 0.389 e. The molecule has 2 aromatic rings. The summed E-state index contributed by atoms with van der Waals surface area (Å²) < 4.78 is 49.8. The number of hydrogen-bond acceptors (Lipinski definition) is 7. The monoisotopic (exact) mass is 500 g/mol. The Morgan fingerprint density at radius 1 is 1.23 bits per heavy atom. The zero-order chi connectivity index (χ0) is 26.0. The number of hydrogen-bond donors (Lipinski definition) is 1.